The molecule has 0 spiro atoms. The van der Waals surface area contributed by atoms with Crippen molar-refractivity contribution >= 4 is 44.1 Å². The number of nitrogens with zero attached hydrogens (tertiary/aromatic N) is 2. The van der Waals surface area contributed by atoms with Crippen molar-refractivity contribution in [2.75, 3.05) is 36.8 Å². The van der Waals surface area contributed by atoms with Crippen LogP contribution in [0.2, 0.25) is 0 Å². The van der Waals surface area contributed by atoms with Crippen LogP contribution in [0.5, 0.6) is 5.75 Å². The molecule has 0 unspecified atom stereocenters. The Morgan fingerprint density at radius 3 is 2.52 bits per heavy atom. The maximum Gasteiger partial charge on any atom is 0.321 e. The maximum atomic E-state index is 13.6. The second-order valence-corrected chi connectivity index (χ2v) is 13.6. The lowest BCUT2D eigenvalue weighted by atomic mass is 10.0. The van der Waals surface area contributed by atoms with Crippen molar-refractivity contribution in [3.63, 3.8) is 0 Å². The van der Waals surface area contributed by atoms with Gasteiger partial charge in [-0.05, 0) is 55.6 Å². The molecule has 4 aromatic carbocycles. The van der Waals surface area contributed by atoms with E-state index in [-0.39, 0.29) is 48.0 Å². The summed E-state index contributed by atoms with van der Waals surface area (Å²) in [5, 5.41) is 14.9. The molecule has 0 aromatic heterocycles. The number of urea groups is 1. The highest BCUT2D eigenvalue weighted by molar-refractivity contribution is 7.92. The van der Waals surface area contributed by atoms with Gasteiger partial charge in [0.15, 0.2) is 0 Å². The maximum absolute atomic E-state index is 13.6. The van der Waals surface area contributed by atoms with Gasteiger partial charge in [0, 0.05) is 36.1 Å². The van der Waals surface area contributed by atoms with Crippen molar-refractivity contribution < 1.29 is 27.9 Å². The fourth-order valence-corrected chi connectivity index (χ4v) is 6.59. The Kier molecular flexibility index (Phi) is 9.83. The van der Waals surface area contributed by atoms with Gasteiger partial charge in [0.1, 0.15) is 11.9 Å². The summed E-state index contributed by atoms with van der Waals surface area (Å²) in [6.45, 7) is 5.87. The number of aryl methyl sites for hydroxylation is 1. The van der Waals surface area contributed by atoms with Crippen molar-refractivity contribution in [2.24, 2.45) is 5.92 Å². The Morgan fingerprint density at radius 2 is 1.78 bits per heavy atom. The number of ether oxygens (including phenoxy) is 1. The largest absolute Gasteiger partial charge is 0.488 e. The van der Waals surface area contributed by atoms with Crippen LogP contribution in [-0.2, 0) is 21.2 Å². The highest BCUT2D eigenvalue weighted by atomic mass is 32.2. The third-order valence-electron chi connectivity index (χ3n) is 8.33. The minimum Gasteiger partial charge on any atom is -0.488 e. The number of nitrogens with one attached hydrogen (secondary N) is 2. The Morgan fingerprint density at radius 1 is 1.07 bits per heavy atom. The molecule has 0 aliphatic carbocycles. The van der Waals surface area contributed by atoms with E-state index in [4.69, 9.17) is 4.74 Å². The van der Waals surface area contributed by atoms with E-state index in [9.17, 15) is 23.1 Å². The Bertz CT molecular complexity index is 1820. The number of aliphatic hydroxyl groups is 1. The van der Waals surface area contributed by atoms with Gasteiger partial charge in [-0.1, -0.05) is 61.0 Å². The molecule has 4 aromatic rings. The third kappa shape index (κ3) is 7.43. The van der Waals surface area contributed by atoms with Crippen LogP contribution in [0.4, 0.5) is 16.2 Å². The van der Waals surface area contributed by atoms with Crippen molar-refractivity contribution in [3.8, 4) is 5.75 Å². The van der Waals surface area contributed by atoms with Gasteiger partial charge in [0.25, 0.3) is 10.0 Å². The zero-order valence-corrected chi connectivity index (χ0v) is 27.3. The number of hydrogen-bond donors (Lipinski definition) is 3. The van der Waals surface area contributed by atoms with Crippen LogP contribution in [-0.4, -0.2) is 74.2 Å². The summed E-state index contributed by atoms with van der Waals surface area (Å²) in [5.41, 5.74) is 2.41. The number of rotatable bonds is 8. The van der Waals surface area contributed by atoms with Crippen molar-refractivity contribution in [3.05, 3.63) is 96.1 Å². The van der Waals surface area contributed by atoms with Gasteiger partial charge in [0.2, 0.25) is 5.91 Å². The van der Waals surface area contributed by atoms with E-state index in [1.54, 1.807) is 54.1 Å². The second-order valence-electron chi connectivity index (χ2n) is 12.0. The van der Waals surface area contributed by atoms with Crippen LogP contribution in [0.3, 0.4) is 0 Å². The highest BCUT2D eigenvalue weighted by Crippen LogP contribution is 2.30. The molecule has 1 aliphatic rings. The molecule has 0 bridgehead atoms. The van der Waals surface area contributed by atoms with E-state index in [0.29, 0.717) is 23.5 Å². The lowest BCUT2D eigenvalue weighted by molar-refractivity contribution is -0.134. The molecule has 0 fully saturated rings. The van der Waals surface area contributed by atoms with Crippen molar-refractivity contribution in [2.45, 2.75) is 44.2 Å². The summed E-state index contributed by atoms with van der Waals surface area (Å²) in [6.07, 6.45) is -0.590. The molecule has 3 amide bonds. The fourth-order valence-electron chi connectivity index (χ4n) is 5.54. The number of benzene rings is 4. The van der Waals surface area contributed by atoms with Crippen molar-refractivity contribution in [1.82, 2.24) is 9.80 Å². The van der Waals surface area contributed by atoms with E-state index in [1.165, 1.54) is 12.1 Å². The van der Waals surface area contributed by atoms with Gasteiger partial charge < -0.3 is 25.0 Å². The van der Waals surface area contributed by atoms with E-state index in [1.807, 2.05) is 56.3 Å². The summed E-state index contributed by atoms with van der Waals surface area (Å²) < 4.78 is 35.3. The standard InChI is InChI=1S/C35H40N4O6S/c1-23-12-15-29(16-13-23)46(43,44)37-28-14-17-32-27(18-28)19-34(41)39(25(3)22-40)20-24(2)33(45-32)21-38(4)35(42)36-31-11-7-9-26-8-5-6-10-30(26)31/h5-18,24-25,33,37,40H,19-22H2,1-4H3,(H,36,42)/t24-,25+,33+/m1/s1. The molecule has 242 valence electrons. The van der Waals surface area contributed by atoms with Gasteiger partial charge in [-0.3, -0.25) is 9.52 Å². The molecule has 0 radical (unpaired) electrons. The minimum absolute atomic E-state index is 0.0589. The molecule has 46 heavy (non-hydrogen) atoms. The first-order chi connectivity index (χ1) is 21.9. The molecule has 5 rings (SSSR count). The minimum atomic E-state index is -3.88. The molecule has 3 N–H and O–H groups in total. The third-order valence-corrected chi connectivity index (χ3v) is 9.73. The first kappa shape index (κ1) is 32.8. The van der Waals surface area contributed by atoms with Gasteiger partial charge >= 0.3 is 6.03 Å². The Labute approximate surface area is 270 Å². The summed E-state index contributed by atoms with van der Waals surface area (Å²) in [7, 11) is -2.19. The van der Waals surface area contributed by atoms with Gasteiger partial charge in [-0.15, -0.1) is 0 Å². The number of aliphatic hydroxyl groups excluding tert-OH is 1. The van der Waals surface area contributed by atoms with Crippen molar-refractivity contribution in [1.29, 1.82) is 0 Å². The molecule has 1 heterocycles. The number of fused-ring (bicyclic) bond motifs is 2. The van der Waals surface area contributed by atoms with Crippen LogP contribution < -0.4 is 14.8 Å². The van der Waals surface area contributed by atoms with E-state index >= 15 is 0 Å². The number of likely N-dealkylation sites (N-methyl/N-ethyl adjacent to an activating group) is 1. The van der Waals surface area contributed by atoms with Crippen LogP contribution in [0, 0.1) is 12.8 Å². The van der Waals surface area contributed by atoms with E-state index < -0.39 is 22.2 Å². The summed E-state index contributed by atoms with van der Waals surface area (Å²) >= 11 is 0. The molecular weight excluding hydrogens is 604 g/mol. The van der Waals surface area contributed by atoms with E-state index in [2.05, 4.69) is 10.0 Å². The molecular formula is C35H40N4O6S. The summed E-state index contributed by atoms with van der Waals surface area (Å²) in [6, 6.07) is 24.1. The predicted molar refractivity (Wildman–Crippen MR) is 180 cm³/mol. The van der Waals surface area contributed by atoms with Crippen LogP contribution >= 0.6 is 0 Å². The van der Waals surface area contributed by atoms with Crippen LogP contribution in [0.15, 0.2) is 89.8 Å². The zero-order chi connectivity index (χ0) is 33.0. The number of carbonyl (C=O) groups excluding carboxylic acids is 2. The average Bonchev–Trinajstić information content (AvgIpc) is 3.08. The highest BCUT2D eigenvalue weighted by Gasteiger charge is 2.32. The molecule has 0 saturated carbocycles. The normalized spacial score (nSPS) is 17.6. The van der Waals surface area contributed by atoms with Crippen LogP contribution in [0.25, 0.3) is 10.8 Å². The Balaban J connectivity index is 1.41. The molecule has 0 saturated heterocycles. The SMILES string of the molecule is Cc1ccc(S(=O)(=O)Nc2ccc3c(c2)CC(=O)N([C@@H](C)CO)C[C@@H](C)[C@H](CN(C)C(=O)Nc2cccc4ccccc24)O3)cc1. The Hall–Kier alpha value is -4.61. The number of anilines is 2. The number of hydrogen-bond acceptors (Lipinski definition) is 6. The number of amides is 3. The van der Waals surface area contributed by atoms with Gasteiger partial charge in [-0.25, -0.2) is 13.2 Å². The molecule has 1 aliphatic heterocycles. The topological polar surface area (TPSA) is 128 Å². The molecule has 11 heteroatoms. The second kappa shape index (κ2) is 13.8. The van der Waals surface area contributed by atoms with E-state index in [0.717, 1.165) is 16.3 Å². The van der Waals surface area contributed by atoms with Gasteiger partial charge in [0.05, 0.1) is 36.2 Å². The monoisotopic (exact) mass is 644 g/mol. The summed E-state index contributed by atoms with van der Waals surface area (Å²) in [5.74, 6) is -0.0271. The molecule has 10 nitrogen and oxygen atoms in total. The zero-order valence-electron chi connectivity index (χ0n) is 26.4. The van der Waals surface area contributed by atoms with Crippen LogP contribution in [0.1, 0.15) is 25.0 Å². The lowest BCUT2D eigenvalue weighted by Crippen LogP contribution is -2.48. The quantitative estimate of drug-likeness (QED) is 0.240. The number of sulfonamides is 1. The lowest BCUT2D eigenvalue weighted by Gasteiger charge is -2.34. The van der Waals surface area contributed by atoms with Gasteiger partial charge in [-0.2, -0.15) is 0 Å². The average molecular weight is 645 g/mol. The predicted octanol–water partition coefficient (Wildman–Crippen LogP) is 5.26. The fraction of sp³-hybridized carbons (Fsp3) is 0.314. The number of carbonyl (C=O) groups is 2. The summed E-state index contributed by atoms with van der Waals surface area (Å²) in [4.78, 5) is 30.2. The smallest absolute Gasteiger partial charge is 0.321 e. The first-order valence-electron chi connectivity index (χ1n) is 15.2. The first-order valence-corrected chi connectivity index (χ1v) is 16.7. The molecule has 3 atom stereocenters.